The molecule has 0 aromatic heterocycles. The van der Waals surface area contributed by atoms with Crippen molar-refractivity contribution < 1.29 is 9.59 Å². The average Bonchev–Trinajstić information content (AvgIpc) is 2.23. The lowest BCUT2D eigenvalue weighted by atomic mass is 10.1. The van der Waals surface area contributed by atoms with Crippen LogP contribution in [0.4, 0.5) is 5.69 Å². The quantitative estimate of drug-likeness (QED) is 0.740. The molecule has 0 atom stereocenters. The van der Waals surface area contributed by atoms with Crippen molar-refractivity contribution in [2.75, 3.05) is 11.9 Å². The summed E-state index contributed by atoms with van der Waals surface area (Å²) in [5.74, 6) is -1.23. The Morgan fingerprint density at radius 2 is 1.69 bits per heavy atom. The van der Waals surface area contributed by atoms with Crippen LogP contribution < -0.4 is 10.6 Å². The van der Waals surface area contributed by atoms with E-state index < -0.39 is 11.8 Å². The van der Waals surface area contributed by atoms with E-state index in [1.54, 1.807) is 6.92 Å². The molecule has 1 aromatic carbocycles. The van der Waals surface area contributed by atoms with Crippen molar-refractivity contribution in [3.63, 3.8) is 0 Å². The average molecular weight is 220 g/mol. The number of benzene rings is 1. The number of rotatable bonds is 2. The van der Waals surface area contributed by atoms with Crippen molar-refractivity contribution in [2.24, 2.45) is 0 Å². The first-order chi connectivity index (χ1) is 7.56. The van der Waals surface area contributed by atoms with E-state index in [2.05, 4.69) is 10.6 Å². The summed E-state index contributed by atoms with van der Waals surface area (Å²) in [5.41, 5.74) is 2.59. The number of carbonyl (C=O) groups excluding carboxylic acids is 2. The van der Waals surface area contributed by atoms with Crippen LogP contribution in [0.5, 0.6) is 0 Å². The first kappa shape index (κ1) is 12.2. The Labute approximate surface area is 95.0 Å². The zero-order valence-corrected chi connectivity index (χ0v) is 9.76. The molecule has 1 rings (SSSR count). The standard InChI is InChI=1S/C12H16N2O2/c1-4-13-11(15)12(16)14-10-8(2)6-5-7-9(10)3/h5-7H,4H2,1-3H3,(H,13,15)(H,14,16). The third-order valence-corrected chi connectivity index (χ3v) is 2.26. The van der Waals surface area contributed by atoms with Crippen molar-refractivity contribution in [2.45, 2.75) is 20.8 Å². The Balaban J connectivity index is 2.81. The minimum absolute atomic E-state index is 0.443. The second-order valence-corrected chi connectivity index (χ2v) is 3.58. The summed E-state index contributed by atoms with van der Waals surface area (Å²) in [7, 11) is 0. The third-order valence-electron chi connectivity index (χ3n) is 2.26. The van der Waals surface area contributed by atoms with Crippen molar-refractivity contribution >= 4 is 17.5 Å². The number of anilines is 1. The molecule has 0 aliphatic rings. The predicted octanol–water partition coefficient (Wildman–Crippen LogP) is 1.38. The van der Waals surface area contributed by atoms with Crippen LogP contribution in [0.3, 0.4) is 0 Å². The van der Waals surface area contributed by atoms with Gasteiger partial charge in [-0.25, -0.2) is 0 Å². The molecule has 16 heavy (non-hydrogen) atoms. The van der Waals surface area contributed by atoms with Gasteiger partial charge in [0.25, 0.3) is 0 Å². The fourth-order valence-corrected chi connectivity index (χ4v) is 1.42. The number of amides is 2. The van der Waals surface area contributed by atoms with Gasteiger partial charge in [-0.2, -0.15) is 0 Å². The molecule has 1 aromatic rings. The molecule has 0 aliphatic carbocycles. The molecule has 4 nitrogen and oxygen atoms in total. The number of nitrogens with one attached hydrogen (secondary N) is 2. The van der Waals surface area contributed by atoms with E-state index >= 15 is 0 Å². The zero-order chi connectivity index (χ0) is 12.1. The van der Waals surface area contributed by atoms with Crippen LogP contribution in [0.25, 0.3) is 0 Å². The van der Waals surface area contributed by atoms with E-state index in [1.807, 2.05) is 32.0 Å². The molecule has 0 fully saturated rings. The normalized spacial score (nSPS) is 9.69. The molecule has 0 heterocycles. The molecule has 4 heteroatoms. The highest BCUT2D eigenvalue weighted by Gasteiger charge is 2.14. The largest absolute Gasteiger partial charge is 0.348 e. The maximum absolute atomic E-state index is 11.5. The molecule has 0 radical (unpaired) electrons. The van der Waals surface area contributed by atoms with Crippen LogP contribution >= 0.6 is 0 Å². The molecule has 0 spiro atoms. The fraction of sp³-hybridized carbons (Fsp3) is 0.333. The summed E-state index contributed by atoms with van der Waals surface area (Å²) in [6.07, 6.45) is 0. The molecule has 0 saturated carbocycles. The number of hydrogen-bond donors (Lipinski definition) is 2. The third kappa shape index (κ3) is 2.82. The summed E-state index contributed by atoms with van der Waals surface area (Å²) in [6, 6.07) is 5.69. The van der Waals surface area contributed by atoms with E-state index in [0.717, 1.165) is 11.1 Å². The Morgan fingerprint density at radius 1 is 1.12 bits per heavy atom. The van der Waals surface area contributed by atoms with Gasteiger partial charge in [0.1, 0.15) is 0 Å². The van der Waals surface area contributed by atoms with Gasteiger partial charge in [0.05, 0.1) is 0 Å². The Hall–Kier alpha value is -1.84. The smallest absolute Gasteiger partial charge is 0.313 e. The first-order valence-corrected chi connectivity index (χ1v) is 5.21. The van der Waals surface area contributed by atoms with Crippen LogP contribution in [-0.4, -0.2) is 18.4 Å². The summed E-state index contributed by atoms with van der Waals surface area (Å²) in [5, 5.41) is 5.07. The predicted molar refractivity (Wildman–Crippen MR) is 63.2 cm³/mol. The Morgan fingerprint density at radius 3 is 2.19 bits per heavy atom. The number of para-hydroxylation sites is 1. The first-order valence-electron chi connectivity index (χ1n) is 5.21. The van der Waals surface area contributed by atoms with Gasteiger partial charge in [0.2, 0.25) is 0 Å². The Kier molecular flexibility index (Phi) is 4.05. The monoisotopic (exact) mass is 220 g/mol. The van der Waals surface area contributed by atoms with Gasteiger partial charge in [-0.1, -0.05) is 18.2 Å². The minimum atomic E-state index is -0.626. The lowest BCUT2D eigenvalue weighted by Gasteiger charge is -2.10. The molecular weight excluding hydrogens is 204 g/mol. The minimum Gasteiger partial charge on any atom is -0.348 e. The summed E-state index contributed by atoms with van der Waals surface area (Å²) < 4.78 is 0. The van der Waals surface area contributed by atoms with Crippen molar-refractivity contribution in [1.82, 2.24) is 5.32 Å². The second kappa shape index (κ2) is 5.30. The highest BCUT2D eigenvalue weighted by Crippen LogP contribution is 2.18. The molecule has 2 amide bonds. The highest BCUT2D eigenvalue weighted by atomic mass is 16.2. The lowest BCUT2D eigenvalue weighted by Crippen LogP contribution is -2.35. The molecule has 2 N–H and O–H groups in total. The van der Waals surface area contributed by atoms with Gasteiger partial charge in [0, 0.05) is 12.2 Å². The van der Waals surface area contributed by atoms with Gasteiger partial charge in [0.15, 0.2) is 0 Å². The number of likely N-dealkylation sites (N-methyl/N-ethyl adjacent to an activating group) is 1. The van der Waals surface area contributed by atoms with E-state index in [-0.39, 0.29) is 0 Å². The van der Waals surface area contributed by atoms with E-state index in [0.29, 0.717) is 12.2 Å². The van der Waals surface area contributed by atoms with Gasteiger partial charge in [-0.05, 0) is 31.9 Å². The summed E-state index contributed by atoms with van der Waals surface area (Å²) in [4.78, 5) is 22.7. The lowest BCUT2D eigenvalue weighted by molar-refractivity contribution is -0.136. The van der Waals surface area contributed by atoms with Gasteiger partial charge in [-0.15, -0.1) is 0 Å². The van der Waals surface area contributed by atoms with Crippen LogP contribution in [0.15, 0.2) is 18.2 Å². The molecule has 0 unspecified atom stereocenters. The Bertz CT molecular complexity index is 393. The van der Waals surface area contributed by atoms with Crippen LogP contribution in [0.2, 0.25) is 0 Å². The maximum Gasteiger partial charge on any atom is 0.313 e. The van der Waals surface area contributed by atoms with Crippen molar-refractivity contribution in [3.05, 3.63) is 29.3 Å². The maximum atomic E-state index is 11.5. The van der Waals surface area contributed by atoms with Gasteiger partial charge >= 0.3 is 11.8 Å². The van der Waals surface area contributed by atoms with Crippen LogP contribution in [-0.2, 0) is 9.59 Å². The molecular formula is C12H16N2O2. The number of aryl methyl sites for hydroxylation is 2. The van der Waals surface area contributed by atoms with Crippen LogP contribution in [0, 0.1) is 13.8 Å². The van der Waals surface area contributed by atoms with Crippen molar-refractivity contribution in [1.29, 1.82) is 0 Å². The highest BCUT2D eigenvalue weighted by molar-refractivity contribution is 6.39. The van der Waals surface area contributed by atoms with E-state index in [4.69, 9.17) is 0 Å². The molecule has 86 valence electrons. The molecule has 0 bridgehead atoms. The zero-order valence-electron chi connectivity index (χ0n) is 9.76. The fourth-order valence-electron chi connectivity index (χ4n) is 1.42. The summed E-state index contributed by atoms with van der Waals surface area (Å²) >= 11 is 0. The molecule has 0 saturated heterocycles. The van der Waals surface area contributed by atoms with Gasteiger partial charge < -0.3 is 10.6 Å². The molecule has 0 aliphatic heterocycles. The SMILES string of the molecule is CCNC(=O)C(=O)Nc1c(C)cccc1C. The van der Waals surface area contributed by atoms with Crippen LogP contribution in [0.1, 0.15) is 18.1 Å². The topological polar surface area (TPSA) is 58.2 Å². The number of carbonyl (C=O) groups is 2. The number of hydrogen-bond acceptors (Lipinski definition) is 2. The van der Waals surface area contributed by atoms with E-state index in [1.165, 1.54) is 0 Å². The van der Waals surface area contributed by atoms with Crippen molar-refractivity contribution in [3.8, 4) is 0 Å². The summed E-state index contributed by atoms with van der Waals surface area (Å²) in [6.45, 7) is 5.99. The van der Waals surface area contributed by atoms with Gasteiger partial charge in [-0.3, -0.25) is 9.59 Å². The second-order valence-electron chi connectivity index (χ2n) is 3.58. The van der Waals surface area contributed by atoms with E-state index in [9.17, 15) is 9.59 Å².